The Morgan fingerprint density at radius 2 is 1.86 bits per heavy atom. The molecule has 1 aliphatic carbocycles. The molecule has 0 unspecified atom stereocenters. The molecule has 0 spiro atoms. The summed E-state index contributed by atoms with van der Waals surface area (Å²) < 4.78 is 26.7. The van der Waals surface area contributed by atoms with E-state index in [1.807, 2.05) is 29.9 Å². The van der Waals surface area contributed by atoms with Crippen LogP contribution in [0.5, 0.6) is 11.6 Å². The fourth-order valence-corrected chi connectivity index (χ4v) is 6.22. The summed E-state index contributed by atoms with van der Waals surface area (Å²) in [6.45, 7) is 7.16. The Hall–Kier alpha value is -4.69. The van der Waals surface area contributed by atoms with Gasteiger partial charge in [-0.1, -0.05) is 6.07 Å². The highest BCUT2D eigenvalue weighted by Crippen LogP contribution is 2.35. The molecule has 16 heteroatoms. The van der Waals surface area contributed by atoms with Gasteiger partial charge < -0.3 is 29.4 Å². The molecule has 1 atom stereocenters. The van der Waals surface area contributed by atoms with Crippen LogP contribution in [-0.4, -0.2) is 115 Å². The summed E-state index contributed by atoms with van der Waals surface area (Å²) in [5.74, 6) is 1.34. The van der Waals surface area contributed by atoms with Crippen molar-refractivity contribution in [2.75, 3.05) is 58.0 Å². The summed E-state index contributed by atoms with van der Waals surface area (Å²) >= 11 is 0. The van der Waals surface area contributed by atoms with Crippen LogP contribution in [0.3, 0.4) is 0 Å². The van der Waals surface area contributed by atoms with E-state index in [1.165, 1.54) is 6.33 Å². The first kappa shape index (κ1) is 34.2. The van der Waals surface area contributed by atoms with E-state index in [1.54, 1.807) is 23.1 Å². The SMILES string of the molecule is C[C@@H](Cn1cnnn1)Oc1cc(-c2cnc(Nc3cn(C4CCC(N5CCOCC5)CC4)nc3OCCCOCCO)nc2)ccc1C#N. The summed E-state index contributed by atoms with van der Waals surface area (Å²) in [6, 6.07) is 8.44. The van der Waals surface area contributed by atoms with Gasteiger partial charge in [0.05, 0.1) is 57.4 Å². The molecule has 2 aliphatic rings. The van der Waals surface area contributed by atoms with E-state index in [9.17, 15) is 5.26 Å². The number of morpholine rings is 1. The molecule has 0 radical (unpaired) electrons. The van der Waals surface area contributed by atoms with Gasteiger partial charge in [0.25, 0.3) is 5.88 Å². The predicted molar refractivity (Wildman–Crippen MR) is 177 cm³/mol. The third-order valence-electron chi connectivity index (χ3n) is 8.71. The molecule has 6 rings (SSSR count). The quantitative estimate of drug-likeness (QED) is 0.166. The molecule has 49 heavy (non-hydrogen) atoms. The lowest BCUT2D eigenvalue weighted by molar-refractivity contribution is 0.00502. The van der Waals surface area contributed by atoms with Gasteiger partial charge in [0.1, 0.15) is 29.9 Å². The van der Waals surface area contributed by atoms with Crippen molar-refractivity contribution in [1.29, 1.82) is 5.26 Å². The molecule has 1 aliphatic heterocycles. The number of anilines is 2. The number of aromatic nitrogens is 8. The molecule has 2 N–H and O–H groups in total. The topological polar surface area (TPSA) is 183 Å². The highest BCUT2D eigenvalue weighted by molar-refractivity contribution is 5.67. The smallest absolute Gasteiger partial charge is 0.256 e. The summed E-state index contributed by atoms with van der Waals surface area (Å²) in [7, 11) is 0. The number of ether oxygens (including phenoxy) is 4. The number of aliphatic hydroxyl groups is 1. The van der Waals surface area contributed by atoms with Gasteiger partial charge >= 0.3 is 0 Å². The van der Waals surface area contributed by atoms with E-state index in [0.29, 0.717) is 67.7 Å². The summed E-state index contributed by atoms with van der Waals surface area (Å²) in [4.78, 5) is 11.7. The van der Waals surface area contributed by atoms with E-state index >= 15 is 0 Å². The van der Waals surface area contributed by atoms with E-state index in [4.69, 9.17) is 29.2 Å². The third-order valence-corrected chi connectivity index (χ3v) is 8.71. The second-order valence-corrected chi connectivity index (χ2v) is 12.2. The second kappa shape index (κ2) is 17.1. The van der Waals surface area contributed by atoms with Crippen molar-refractivity contribution in [3.8, 4) is 28.8 Å². The van der Waals surface area contributed by atoms with E-state index in [-0.39, 0.29) is 18.8 Å². The maximum absolute atomic E-state index is 9.66. The van der Waals surface area contributed by atoms with Crippen LogP contribution in [0.2, 0.25) is 0 Å². The van der Waals surface area contributed by atoms with Crippen LogP contribution in [0.15, 0.2) is 43.1 Å². The first-order valence-corrected chi connectivity index (χ1v) is 16.8. The lowest BCUT2D eigenvalue weighted by Gasteiger charge is -2.38. The monoisotopic (exact) mass is 673 g/mol. The Kier molecular flexibility index (Phi) is 11.9. The van der Waals surface area contributed by atoms with Gasteiger partial charge in [-0.05, 0) is 60.7 Å². The molecular weight excluding hydrogens is 630 g/mol. The standard InChI is InChI=1S/C33H43N11O5/c1-24(21-43-23-37-40-41-43)49-31-17-25(3-4-26(31)18-34)27-19-35-33(36-20-27)38-30-22-44(39-32(30)48-13-2-12-46-16-11-45)29-7-5-28(6-8-29)42-9-14-47-15-10-42/h3-4,17,19-20,22-24,28-29,45H,2,5-16,21H2,1H3,(H,35,36,38)/t24-,28?,29?/m0/s1. The molecule has 3 aromatic heterocycles. The van der Waals surface area contributed by atoms with Gasteiger partial charge in [0, 0.05) is 50.1 Å². The number of nitriles is 1. The molecule has 16 nitrogen and oxygen atoms in total. The highest BCUT2D eigenvalue weighted by Gasteiger charge is 2.29. The minimum absolute atomic E-state index is 0.00575. The minimum Gasteiger partial charge on any atom is -0.487 e. The summed E-state index contributed by atoms with van der Waals surface area (Å²) in [5.41, 5.74) is 2.68. The normalized spacial score (nSPS) is 18.9. The van der Waals surface area contributed by atoms with Gasteiger partial charge in [0.15, 0.2) is 0 Å². The molecule has 4 heterocycles. The first-order chi connectivity index (χ1) is 24.1. The highest BCUT2D eigenvalue weighted by atomic mass is 16.5. The maximum Gasteiger partial charge on any atom is 0.256 e. The molecule has 260 valence electrons. The van der Waals surface area contributed by atoms with Crippen molar-refractivity contribution >= 4 is 11.6 Å². The molecule has 1 aromatic carbocycles. The number of nitrogens with one attached hydrogen (secondary N) is 1. The minimum atomic E-state index is -0.279. The molecule has 1 saturated heterocycles. The van der Waals surface area contributed by atoms with E-state index in [0.717, 1.165) is 63.1 Å². The number of aliphatic hydroxyl groups excluding tert-OH is 1. The number of tetrazole rings is 1. The Balaban J connectivity index is 1.12. The van der Waals surface area contributed by atoms with Crippen LogP contribution in [0, 0.1) is 11.3 Å². The zero-order valence-corrected chi connectivity index (χ0v) is 27.7. The van der Waals surface area contributed by atoms with Gasteiger partial charge in [-0.15, -0.1) is 10.2 Å². The first-order valence-electron chi connectivity index (χ1n) is 16.8. The number of hydrogen-bond acceptors (Lipinski definition) is 14. The fraction of sp³-hybridized carbons (Fsp3) is 0.545. The molecular formula is C33H43N11O5. The summed E-state index contributed by atoms with van der Waals surface area (Å²) in [6.07, 6.45) is 11.6. The van der Waals surface area contributed by atoms with Crippen molar-refractivity contribution in [2.24, 2.45) is 0 Å². The van der Waals surface area contributed by atoms with E-state index in [2.05, 4.69) is 41.8 Å². The maximum atomic E-state index is 9.66. The van der Waals surface area contributed by atoms with Crippen molar-refractivity contribution < 1.29 is 24.1 Å². The van der Waals surface area contributed by atoms with Crippen LogP contribution in [-0.2, 0) is 16.0 Å². The largest absolute Gasteiger partial charge is 0.487 e. The third kappa shape index (κ3) is 9.27. The number of hydrogen-bond donors (Lipinski definition) is 2. The molecule has 4 aromatic rings. The Morgan fingerprint density at radius 3 is 2.59 bits per heavy atom. The van der Waals surface area contributed by atoms with E-state index < -0.39 is 0 Å². The Morgan fingerprint density at radius 1 is 1.06 bits per heavy atom. The zero-order chi connectivity index (χ0) is 33.8. The number of nitrogens with zero attached hydrogens (tertiary/aromatic N) is 10. The molecule has 1 saturated carbocycles. The van der Waals surface area contributed by atoms with Crippen LogP contribution >= 0.6 is 0 Å². The van der Waals surface area contributed by atoms with Crippen LogP contribution < -0.4 is 14.8 Å². The Bertz CT molecular complexity index is 1630. The van der Waals surface area contributed by atoms with Crippen molar-refractivity contribution in [2.45, 2.75) is 63.8 Å². The second-order valence-electron chi connectivity index (χ2n) is 12.2. The predicted octanol–water partition coefficient (Wildman–Crippen LogP) is 3.00. The average Bonchev–Trinajstić information content (AvgIpc) is 3.80. The fourth-order valence-electron chi connectivity index (χ4n) is 6.22. The summed E-state index contributed by atoms with van der Waals surface area (Å²) in [5, 5.41) is 38.0. The van der Waals surface area contributed by atoms with Crippen LogP contribution in [0.1, 0.15) is 50.6 Å². The molecule has 0 amide bonds. The Labute approximate surface area is 285 Å². The van der Waals surface area contributed by atoms with Gasteiger partial charge in [-0.2, -0.15) is 5.26 Å². The number of rotatable bonds is 16. The lowest BCUT2D eigenvalue weighted by Crippen LogP contribution is -2.45. The van der Waals surface area contributed by atoms with Crippen molar-refractivity contribution in [1.82, 2.24) is 44.9 Å². The van der Waals surface area contributed by atoms with Crippen LogP contribution in [0.4, 0.5) is 11.6 Å². The van der Waals surface area contributed by atoms with Gasteiger partial charge in [-0.3, -0.25) is 9.58 Å². The lowest BCUT2D eigenvalue weighted by atomic mass is 9.90. The average molecular weight is 674 g/mol. The molecule has 0 bridgehead atoms. The van der Waals surface area contributed by atoms with Gasteiger partial charge in [0.2, 0.25) is 5.95 Å². The number of benzene rings is 1. The van der Waals surface area contributed by atoms with Crippen LogP contribution in [0.25, 0.3) is 11.1 Å². The molecule has 2 fully saturated rings. The van der Waals surface area contributed by atoms with Crippen molar-refractivity contribution in [3.63, 3.8) is 0 Å². The zero-order valence-electron chi connectivity index (χ0n) is 27.7. The van der Waals surface area contributed by atoms with Crippen molar-refractivity contribution in [3.05, 3.63) is 48.7 Å². The van der Waals surface area contributed by atoms with Gasteiger partial charge in [-0.25, -0.2) is 14.6 Å².